The first-order valence-corrected chi connectivity index (χ1v) is 8.29. The van der Waals surface area contributed by atoms with Gasteiger partial charge in [-0.1, -0.05) is 19.1 Å². The molecule has 0 radical (unpaired) electrons. The molecule has 0 amide bonds. The predicted molar refractivity (Wildman–Crippen MR) is 90.9 cm³/mol. The third-order valence-electron chi connectivity index (χ3n) is 3.72. The number of thiophene rings is 1. The highest BCUT2D eigenvalue weighted by Gasteiger charge is 2.17. The quantitative estimate of drug-likeness (QED) is 0.738. The molecule has 0 aliphatic heterocycles. The van der Waals surface area contributed by atoms with Crippen molar-refractivity contribution in [3.8, 4) is 0 Å². The van der Waals surface area contributed by atoms with Gasteiger partial charge in [-0.2, -0.15) is 0 Å². The van der Waals surface area contributed by atoms with E-state index in [1.54, 1.807) is 0 Å². The van der Waals surface area contributed by atoms with E-state index in [-0.39, 0.29) is 6.04 Å². The average molecular weight is 296 g/mol. The molecule has 2 heterocycles. The van der Waals surface area contributed by atoms with Crippen molar-refractivity contribution < 1.29 is 0 Å². The Morgan fingerprint density at radius 2 is 2.14 bits per heavy atom. The lowest BCUT2D eigenvalue weighted by molar-refractivity contribution is 0.604. The summed E-state index contributed by atoms with van der Waals surface area (Å²) < 4.78 is 0. The normalized spacial score (nSPS) is 12.7. The predicted octanol–water partition coefficient (Wildman–Crippen LogP) is 4.69. The molecular weight excluding hydrogens is 276 g/mol. The zero-order valence-corrected chi connectivity index (χ0v) is 13.3. The van der Waals surface area contributed by atoms with Gasteiger partial charge in [0.1, 0.15) is 0 Å². The number of hydrogen-bond acceptors (Lipinski definition) is 3. The molecule has 2 aromatic heterocycles. The monoisotopic (exact) mass is 296 g/mol. The maximum Gasteiger partial charge on any atom is 0.0702 e. The van der Waals surface area contributed by atoms with Gasteiger partial charge in [0.15, 0.2) is 0 Å². The standard InChI is InChI=1S/C18H20N2S/c1-3-9-20-17(18-13(2)8-11-21-18)15-6-7-16-14(12-15)5-4-10-19-16/h4-8,10-12,17,20H,3,9H2,1-2H3. The van der Waals surface area contributed by atoms with Crippen molar-refractivity contribution in [2.24, 2.45) is 0 Å². The number of aryl methyl sites for hydroxylation is 1. The second kappa shape index (κ2) is 6.37. The number of pyridine rings is 1. The molecule has 3 aromatic rings. The van der Waals surface area contributed by atoms with Crippen LogP contribution < -0.4 is 5.32 Å². The Balaban J connectivity index is 2.03. The summed E-state index contributed by atoms with van der Waals surface area (Å²) in [6.07, 6.45) is 2.98. The molecule has 1 aromatic carbocycles. The van der Waals surface area contributed by atoms with Gasteiger partial charge < -0.3 is 5.32 Å². The zero-order valence-electron chi connectivity index (χ0n) is 12.5. The second-order valence-electron chi connectivity index (χ2n) is 5.31. The van der Waals surface area contributed by atoms with Gasteiger partial charge in [-0.3, -0.25) is 4.98 Å². The minimum Gasteiger partial charge on any atom is -0.306 e. The molecular formula is C18H20N2S. The van der Waals surface area contributed by atoms with E-state index in [0.717, 1.165) is 18.5 Å². The Bertz CT molecular complexity index is 733. The van der Waals surface area contributed by atoms with E-state index in [2.05, 4.69) is 59.9 Å². The lowest BCUT2D eigenvalue weighted by Gasteiger charge is -2.19. The molecule has 0 saturated heterocycles. The first kappa shape index (κ1) is 14.2. The number of fused-ring (bicyclic) bond motifs is 1. The summed E-state index contributed by atoms with van der Waals surface area (Å²) in [4.78, 5) is 5.82. The Labute approximate surface area is 129 Å². The molecule has 21 heavy (non-hydrogen) atoms. The van der Waals surface area contributed by atoms with E-state index >= 15 is 0 Å². The number of rotatable bonds is 5. The maximum atomic E-state index is 4.41. The second-order valence-corrected chi connectivity index (χ2v) is 6.26. The number of nitrogens with zero attached hydrogens (tertiary/aromatic N) is 1. The van der Waals surface area contributed by atoms with Crippen LogP contribution in [-0.2, 0) is 0 Å². The molecule has 0 saturated carbocycles. The Kier molecular flexibility index (Phi) is 4.32. The topological polar surface area (TPSA) is 24.9 Å². The van der Waals surface area contributed by atoms with Crippen molar-refractivity contribution in [2.45, 2.75) is 26.3 Å². The van der Waals surface area contributed by atoms with Crippen LogP contribution in [0.4, 0.5) is 0 Å². The average Bonchev–Trinajstić information content (AvgIpc) is 2.94. The molecule has 0 fully saturated rings. The zero-order chi connectivity index (χ0) is 14.7. The molecule has 1 unspecified atom stereocenters. The van der Waals surface area contributed by atoms with Gasteiger partial charge in [0.2, 0.25) is 0 Å². The fourth-order valence-electron chi connectivity index (χ4n) is 2.60. The Morgan fingerprint density at radius 1 is 1.24 bits per heavy atom. The third kappa shape index (κ3) is 2.99. The number of hydrogen-bond donors (Lipinski definition) is 1. The van der Waals surface area contributed by atoms with Crippen molar-refractivity contribution >= 4 is 22.2 Å². The SMILES string of the molecule is CCCNC(c1ccc2ncccc2c1)c1sccc1C. The third-order valence-corrected chi connectivity index (χ3v) is 4.81. The van der Waals surface area contributed by atoms with Crippen LogP contribution in [0.3, 0.4) is 0 Å². The number of nitrogens with one attached hydrogen (secondary N) is 1. The largest absolute Gasteiger partial charge is 0.306 e. The molecule has 1 atom stereocenters. The van der Waals surface area contributed by atoms with E-state index in [9.17, 15) is 0 Å². The summed E-state index contributed by atoms with van der Waals surface area (Å²) >= 11 is 1.83. The fourth-order valence-corrected chi connectivity index (χ4v) is 3.63. The number of aromatic nitrogens is 1. The highest BCUT2D eigenvalue weighted by Crippen LogP contribution is 2.30. The van der Waals surface area contributed by atoms with Crippen LogP contribution in [0.5, 0.6) is 0 Å². The van der Waals surface area contributed by atoms with Crippen molar-refractivity contribution in [3.63, 3.8) is 0 Å². The maximum absolute atomic E-state index is 4.41. The van der Waals surface area contributed by atoms with E-state index in [1.165, 1.54) is 21.4 Å². The van der Waals surface area contributed by atoms with Crippen LogP contribution in [0.1, 0.15) is 35.4 Å². The van der Waals surface area contributed by atoms with Crippen LogP contribution in [0.25, 0.3) is 10.9 Å². The fraction of sp³-hybridized carbons (Fsp3) is 0.278. The van der Waals surface area contributed by atoms with Crippen LogP contribution in [0, 0.1) is 6.92 Å². The minimum atomic E-state index is 0.273. The van der Waals surface area contributed by atoms with Gasteiger partial charge in [-0.25, -0.2) is 0 Å². The molecule has 0 spiro atoms. The lowest BCUT2D eigenvalue weighted by atomic mass is 10.0. The first-order chi connectivity index (χ1) is 10.3. The van der Waals surface area contributed by atoms with Gasteiger partial charge >= 0.3 is 0 Å². The van der Waals surface area contributed by atoms with Crippen molar-refractivity contribution in [2.75, 3.05) is 6.54 Å². The van der Waals surface area contributed by atoms with E-state index in [1.807, 2.05) is 23.6 Å². The van der Waals surface area contributed by atoms with Crippen LogP contribution in [0.15, 0.2) is 48.0 Å². The smallest absolute Gasteiger partial charge is 0.0702 e. The van der Waals surface area contributed by atoms with Gasteiger partial charge in [-0.05, 0) is 60.7 Å². The molecule has 1 N–H and O–H groups in total. The molecule has 2 nitrogen and oxygen atoms in total. The van der Waals surface area contributed by atoms with E-state index in [4.69, 9.17) is 0 Å². The summed E-state index contributed by atoms with van der Waals surface area (Å²) in [5.74, 6) is 0. The summed E-state index contributed by atoms with van der Waals surface area (Å²) in [6.45, 7) is 5.41. The summed E-state index contributed by atoms with van der Waals surface area (Å²) in [5, 5.41) is 7.06. The molecule has 3 rings (SSSR count). The molecule has 0 aliphatic rings. The number of benzene rings is 1. The highest BCUT2D eigenvalue weighted by atomic mass is 32.1. The lowest BCUT2D eigenvalue weighted by Crippen LogP contribution is -2.22. The van der Waals surface area contributed by atoms with Gasteiger partial charge in [0.25, 0.3) is 0 Å². The van der Waals surface area contributed by atoms with Crippen molar-refractivity contribution in [1.29, 1.82) is 0 Å². The van der Waals surface area contributed by atoms with Crippen LogP contribution in [0.2, 0.25) is 0 Å². The highest BCUT2D eigenvalue weighted by molar-refractivity contribution is 7.10. The Hall–Kier alpha value is -1.71. The minimum absolute atomic E-state index is 0.273. The molecule has 108 valence electrons. The summed E-state index contributed by atoms with van der Waals surface area (Å²) in [5.41, 5.74) is 3.73. The summed E-state index contributed by atoms with van der Waals surface area (Å²) in [6, 6.07) is 13.2. The molecule has 3 heteroatoms. The van der Waals surface area contributed by atoms with Gasteiger partial charge in [0.05, 0.1) is 11.6 Å². The first-order valence-electron chi connectivity index (χ1n) is 7.41. The van der Waals surface area contributed by atoms with Crippen molar-refractivity contribution in [1.82, 2.24) is 10.3 Å². The van der Waals surface area contributed by atoms with Crippen LogP contribution >= 0.6 is 11.3 Å². The van der Waals surface area contributed by atoms with Crippen molar-refractivity contribution in [3.05, 3.63) is 64.0 Å². The van der Waals surface area contributed by atoms with Gasteiger partial charge in [0, 0.05) is 16.5 Å². The van der Waals surface area contributed by atoms with E-state index < -0.39 is 0 Å². The van der Waals surface area contributed by atoms with E-state index in [0.29, 0.717) is 0 Å². The summed E-state index contributed by atoms with van der Waals surface area (Å²) in [7, 11) is 0. The Morgan fingerprint density at radius 3 is 2.90 bits per heavy atom. The molecule has 0 aliphatic carbocycles. The van der Waals surface area contributed by atoms with Crippen LogP contribution in [-0.4, -0.2) is 11.5 Å². The molecule has 0 bridgehead atoms. The van der Waals surface area contributed by atoms with Gasteiger partial charge in [-0.15, -0.1) is 11.3 Å².